The fourth-order valence-corrected chi connectivity index (χ4v) is 3.30. The van der Waals surface area contributed by atoms with Crippen LogP contribution >= 0.6 is 12.2 Å². The fourth-order valence-electron chi connectivity index (χ4n) is 3.20. The van der Waals surface area contributed by atoms with Crippen molar-refractivity contribution >= 4 is 40.0 Å². The number of carbonyl (C=O) groups is 1. The molecule has 2 aliphatic rings. The number of aromatic hydroxyl groups is 1. The maximum Gasteiger partial charge on any atom is 0.336 e. The van der Waals surface area contributed by atoms with Crippen LogP contribution in [0.4, 0.5) is 5.69 Å². The molecule has 4 rings (SSSR count). The van der Waals surface area contributed by atoms with Crippen LogP contribution in [0, 0.1) is 0 Å². The Hall–Kier alpha value is -3.80. The van der Waals surface area contributed by atoms with Crippen LogP contribution in [-0.2, 0) is 0 Å². The van der Waals surface area contributed by atoms with Crippen molar-refractivity contribution in [1.29, 1.82) is 0 Å². The third-order valence-corrected chi connectivity index (χ3v) is 4.45. The van der Waals surface area contributed by atoms with E-state index in [9.17, 15) is 19.8 Å². The minimum absolute atomic E-state index is 0.0163. The quantitative estimate of drug-likeness (QED) is 0.299. The standard InChI is InChI=1S/C21H11NO5S/c23-12-2-5-15-18(8-12)27-19-9-13(24)3-6-16(19)20(15)17-7-11(22-10-28)1-4-14(17)21(25)26/h1-9,23H,(H,25,26). The number of nitrogens with zero attached hydrogens (tertiary/aromatic N) is 1. The van der Waals surface area contributed by atoms with E-state index in [1.165, 1.54) is 36.4 Å². The van der Waals surface area contributed by atoms with Crippen molar-refractivity contribution in [2.75, 3.05) is 0 Å². The molecule has 0 spiro atoms. The summed E-state index contributed by atoms with van der Waals surface area (Å²) in [5.41, 5.74) is 2.05. The minimum Gasteiger partial charge on any atom is -0.508 e. The number of fused-ring (bicyclic) bond motifs is 2. The molecule has 0 bridgehead atoms. The van der Waals surface area contributed by atoms with Crippen molar-refractivity contribution in [2.45, 2.75) is 0 Å². The molecule has 136 valence electrons. The zero-order chi connectivity index (χ0) is 19.8. The fraction of sp³-hybridized carbons (Fsp3) is 0. The predicted molar refractivity (Wildman–Crippen MR) is 108 cm³/mol. The van der Waals surface area contributed by atoms with Crippen LogP contribution < -0.4 is 5.43 Å². The van der Waals surface area contributed by atoms with Gasteiger partial charge in [0.25, 0.3) is 0 Å². The molecule has 0 fully saturated rings. The molecule has 6 nitrogen and oxygen atoms in total. The first-order valence-corrected chi connectivity index (χ1v) is 8.54. The Kier molecular flexibility index (Phi) is 4.24. The lowest BCUT2D eigenvalue weighted by Gasteiger charge is -2.17. The summed E-state index contributed by atoms with van der Waals surface area (Å²) in [6.45, 7) is 0. The van der Waals surface area contributed by atoms with Gasteiger partial charge in [0.05, 0.1) is 16.4 Å². The molecular weight excluding hydrogens is 378 g/mol. The van der Waals surface area contributed by atoms with Gasteiger partial charge < -0.3 is 14.6 Å². The topological polar surface area (TPSA) is 100 Å². The maximum absolute atomic E-state index is 11.9. The molecule has 0 unspecified atom stereocenters. The highest BCUT2D eigenvalue weighted by molar-refractivity contribution is 7.78. The molecule has 1 aliphatic carbocycles. The van der Waals surface area contributed by atoms with Crippen LogP contribution in [0.25, 0.3) is 33.4 Å². The summed E-state index contributed by atoms with van der Waals surface area (Å²) in [4.78, 5) is 27.6. The number of aromatic carboxylic acids is 1. The third-order valence-electron chi connectivity index (χ3n) is 4.35. The Labute approximate surface area is 163 Å². The lowest BCUT2D eigenvalue weighted by atomic mass is 9.90. The highest BCUT2D eigenvalue weighted by Crippen LogP contribution is 2.42. The number of phenols is 1. The first kappa shape index (κ1) is 17.6. The zero-order valence-corrected chi connectivity index (χ0v) is 15.0. The third kappa shape index (κ3) is 2.95. The van der Waals surface area contributed by atoms with Crippen molar-refractivity contribution < 1.29 is 19.4 Å². The summed E-state index contributed by atoms with van der Waals surface area (Å²) in [6.07, 6.45) is 0. The molecule has 2 aromatic rings. The molecule has 28 heavy (non-hydrogen) atoms. The van der Waals surface area contributed by atoms with E-state index in [1.807, 2.05) is 0 Å². The number of isothiocyanates is 1. The van der Waals surface area contributed by atoms with Crippen LogP contribution in [0.1, 0.15) is 10.4 Å². The number of hydrogen-bond donors (Lipinski definition) is 2. The van der Waals surface area contributed by atoms with E-state index in [1.54, 1.807) is 18.2 Å². The van der Waals surface area contributed by atoms with E-state index in [0.29, 0.717) is 33.3 Å². The molecule has 1 aliphatic heterocycles. The summed E-state index contributed by atoms with van der Waals surface area (Å²) < 4.78 is 5.79. The Bertz CT molecular complexity index is 1330. The number of phenolic OH excluding ortho intramolecular Hbond substituents is 1. The number of hydrogen-bond acceptors (Lipinski definition) is 6. The summed E-state index contributed by atoms with van der Waals surface area (Å²) in [5, 5.41) is 22.4. The number of rotatable bonds is 3. The second-order valence-electron chi connectivity index (χ2n) is 6.05. The summed E-state index contributed by atoms with van der Waals surface area (Å²) in [7, 11) is 0. The molecule has 2 aromatic carbocycles. The van der Waals surface area contributed by atoms with E-state index in [4.69, 9.17) is 4.42 Å². The second-order valence-corrected chi connectivity index (χ2v) is 6.24. The Balaban J connectivity index is 2.22. The zero-order valence-electron chi connectivity index (χ0n) is 14.2. The lowest BCUT2D eigenvalue weighted by Crippen LogP contribution is -2.03. The van der Waals surface area contributed by atoms with Gasteiger partial charge in [0.1, 0.15) is 17.1 Å². The van der Waals surface area contributed by atoms with E-state index in [-0.39, 0.29) is 22.5 Å². The van der Waals surface area contributed by atoms with Crippen LogP contribution in [0.5, 0.6) is 5.75 Å². The van der Waals surface area contributed by atoms with Crippen LogP contribution in [0.15, 0.2) is 68.8 Å². The monoisotopic (exact) mass is 389 g/mol. The Morgan fingerprint density at radius 1 is 1.04 bits per heavy atom. The predicted octanol–water partition coefficient (Wildman–Crippen LogP) is 4.70. The van der Waals surface area contributed by atoms with Crippen LogP contribution in [0.2, 0.25) is 0 Å². The van der Waals surface area contributed by atoms with Gasteiger partial charge in [-0.1, -0.05) is 0 Å². The molecule has 0 radical (unpaired) electrons. The van der Waals surface area contributed by atoms with Gasteiger partial charge in [-0.05, 0) is 60.2 Å². The van der Waals surface area contributed by atoms with Gasteiger partial charge in [0.2, 0.25) is 0 Å². The SMILES string of the molecule is O=C(O)c1ccc(N=C=S)cc1-c1c2ccc(=O)cc-2oc2cc(O)ccc12. The van der Waals surface area contributed by atoms with Gasteiger partial charge in [-0.15, -0.1) is 0 Å². The molecule has 2 N–H and O–H groups in total. The van der Waals surface area contributed by atoms with E-state index >= 15 is 0 Å². The number of thiocarbonyl (C=S) groups is 1. The van der Waals surface area contributed by atoms with E-state index in [2.05, 4.69) is 22.4 Å². The molecule has 0 amide bonds. The molecule has 1 heterocycles. The van der Waals surface area contributed by atoms with Crippen molar-refractivity contribution in [1.82, 2.24) is 0 Å². The van der Waals surface area contributed by atoms with Crippen molar-refractivity contribution in [2.24, 2.45) is 4.99 Å². The van der Waals surface area contributed by atoms with Gasteiger partial charge in [0, 0.05) is 28.6 Å². The minimum atomic E-state index is -1.12. The normalized spacial score (nSPS) is 10.7. The number of carboxylic acids is 1. The molecule has 0 atom stereocenters. The Morgan fingerprint density at radius 3 is 2.61 bits per heavy atom. The highest BCUT2D eigenvalue weighted by Gasteiger charge is 2.22. The molecule has 7 heteroatoms. The van der Waals surface area contributed by atoms with Gasteiger partial charge in [0.15, 0.2) is 5.43 Å². The van der Waals surface area contributed by atoms with Crippen LogP contribution in [0.3, 0.4) is 0 Å². The van der Waals surface area contributed by atoms with Crippen molar-refractivity contribution in [3.05, 3.63) is 70.4 Å². The molecule has 0 saturated heterocycles. The second kappa shape index (κ2) is 6.74. The average Bonchev–Trinajstić information content (AvgIpc) is 2.66. The Morgan fingerprint density at radius 2 is 1.86 bits per heavy atom. The molecular formula is C21H11NO5S. The average molecular weight is 389 g/mol. The van der Waals surface area contributed by atoms with Gasteiger partial charge in [-0.2, -0.15) is 4.99 Å². The lowest BCUT2D eigenvalue weighted by molar-refractivity contribution is 0.0698. The van der Waals surface area contributed by atoms with E-state index in [0.717, 1.165) is 0 Å². The van der Waals surface area contributed by atoms with Gasteiger partial charge in [-0.3, -0.25) is 4.79 Å². The molecule has 0 saturated carbocycles. The maximum atomic E-state index is 11.9. The number of aliphatic imine (C=N–C) groups is 1. The number of benzene rings is 3. The van der Waals surface area contributed by atoms with Crippen molar-refractivity contribution in [3.63, 3.8) is 0 Å². The first-order valence-electron chi connectivity index (χ1n) is 8.13. The largest absolute Gasteiger partial charge is 0.508 e. The van der Waals surface area contributed by atoms with Gasteiger partial charge in [-0.25, -0.2) is 4.79 Å². The summed E-state index contributed by atoms with van der Waals surface area (Å²) in [5.74, 6) is -0.854. The summed E-state index contributed by atoms with van der Waals surface area (Å²) >= 11 is 4.65. The summed E-state index contributed by atoms with van der Waals surface area (Å²) in [6, 6.07) is 13.4. The van der Waals surface area contributed by atoms with Gasteiger partial charge >= 0.3 is 5.97 Å². The first-order chi connectivity index (χ1) is 13.5. The van der Waals surface area contributed by atoms with Crippen molar-refractivity contribution in [3.8, 4) is 28.2 Å². The smallest absolute Gasteiger partial charge is 0.336 e. The highest BCUT2D eigenvalue weighted by atomic mass is 32.1. The number of carboxylic acid groups (broad SMARTS) is 1. The van der Waals surface area contributed by atoms with E-state index < -0.39 is 5.97 Å². The van der Waals surface area contributed by atoms with Crippen LogP contribution in [-0.4, -0.2) is 21.3 Å². The molecule has 0 aromatic heterocycles.